The average molecular weight is 246 g/mol. The molecule has 2 aromatic rings. The van der Waals surface area contributed by atoms with Crippen LogP contribution >= 0.6 is 0 Å². The highest BCUT2D eigenvalue weighted by molar-refractivity contribution is 5.95. The Balaban J connectivity index is 1.84. The lowest BCUT2D eigenvalue weighted by atomic mass is 10.1. The SMILES string of the molecule is Cc1[nH]ccc1C(=O)NCCc1ccc(F)cc1. The number of hydrogen-bond acceptors (Lipinski definition) is 1. The van der Waals surface area contributed by atoms with Crippen molar-refractivity contribution in [2.45, 2.75) is 13.3 Å². The van der Waals surface area contributed by atoms with Gasteiger partial charge in [-0.15, -0.1) is 0 Å². The van der Waals surface area contributed by atoms with Crippen LogP contribution in [0, 0.1) is 12.7 Å². The molecule has 0 saturated carbocycles. The minimum absolute atomic E-state index is 0.0872. The Morgan fingerprint density at radius 1 is 1.28 bits per heavy atom. The largest absolute Gasteiger partial charge is 0.365 e. The summed E-state index contributed by atoms with van der Waals surface area (Å²) in [5.41, 5.74) is 2.52. The Kier molecular flexibility index (Phi) is 3.77. The van der Waals surface area contributed by atoms with Crippen LogP contribution in [0.2, 0.25) is 0 Å². The second-order valence-corrected chi connectivity index (χ2v) is 4.15. The Hall–Kier alpha value is -2.10. The monoisotopic (exact) mass is 246 g/mol. The summed E-state index contributed by atoms with van der Waals surface area (Å²) in [6.45, 7) is 2.39. The van der Waals surface area contributed by atoms with Gasteiger partial charge in [0.1, 0.15) is 5.82 Å². The van der Waals surface area contributed by atoms with Gasteiger partial charge in [-0.25, -0.2) is 4.39 Å². The number of aryl methyl sites for hydroxylation is 1. The van der Waals surface area contributed by atoms with E-state index in [0.29, 0.717) is 18.5 Å². The first-order chi connectivity index (χ1) is 8.66. The Bertz CT molecular complexity index is 531. The molecule has 0 spiro atoms. The molecule has 0 atom stereocenters. The fourth-order valence-electron chi connectivity index (χ4n) is 1.77. The minimum atomic E-state index is -0.245. The number of carbonyl (C=O) groups is 1. The summed E-state index contributed by atoms with van der Waals surface area (Å²) >= 11 is 0. The Morgan fingerprint density at radius 3 is 2.61 bits per heavy atom. The smallest absolute Gasteiger partial charge is 0.253 e. The molecule has 4 heteroatoms. The topological polar surface area (TPSA) is 44.9 Å². The third-order valence-electron chi connectivity index (χ3n) is 2.81. The van der Waals surface area contributed by atoms with E-state index in [9.17, 15) is 9.18 Å². The van der Waals surface area contributed by atoms with E-state index in [1.165, 1.54) is 12.1 Å². The lowest BCUT2D eigenvalue weighted by Crippen LogP contribution is -2.25. The lowest BCUT2D eigenvalue weighted by Gasteiger charge is -2.05. The number of halogens is 1. The van der Waals surface area contributed by atoms with Crippen molar-refractivity contribution in [3.63, 3.8) is 0 Å². The van der Waals surface area contributed by atoms with Gasteiger partial charge in [0, 0.05) is 18.4 Å². The fourth-order valence-corrected chi connectivity index (χ4v) is 1.77. The van der Waals surface area contributed by atoms with Crippen molar-refractivity contribution < 1.29 is 9.18 Å². The minimum Gasteiger partial charge on any atom is -0.365 e. The van der Waals surface area contributed by atoms with Gasteiger partial charge in [-0.3, -0.25) is 4.79 Å². The van der Waals surface area contributed by atoms with Crippen LogP contribution in [0.5, 0.6) is 0 Å². The zero-order chi connectivity index (χ0) is 13.0. The number of carbonyl (C=O) groups excluding carboxylic acids is 1. The molecule has 1 aromatic heterocycles. The number of rotatable bonds is 4. The number of amides is 1. The van der Waals surface area contributed by atoms with Crippen LogP contribution in [-0.2, 0) is 6.42 Å². The highest BCUT2D eigenvalue weighted by Gasteiger charge is 2.08. The molecule has 18 heavy (non-hydrogen) atoms. The van der Waals surface area contributed by atoms with Gasteiger partial charge in [0.15, 0.2) is 0 Å². The number of aromatic nitrogens is 1. The molecule has 94 valence electrons. The molecule has 0 radical (unpaired) electrons. The van der Waals surface area contributed by atoms with Gasteiger partial charge in [0.2, 0.25) is 0 Å². The Labute approximate surface area is 105 Å². The van der Waals surface area contributed by atoms with Gasteiger partial charge < -0.3 is 10.3 Å². The van der Waals surface area contributed by atoms with Crippen molar-refractivity contribution in [3.8, 4) is 0 Å². The summed E-state index contributed by atoms with van der Waals surface area (Å²) in [4.78, 5) is 14.7. The number of H-pyrrole nitrogens is 1. The van der Waals surface area contributed by atoms with E-state index in [2.05, 4.69) is 10.3 Å². The molecule has 1 aromatic carbocycles. The molecule has 2 rings (SSSR count). The Morgan fingerprint density at radius 2 is 2.00 bits per heavy atom. The van der Waals surface area contributed by atoms with Crippen LogP contribution in [0.1, 0.15) is 21.6 Å². The molecule has 3 nitrogen and oxygen atoms in total. The average Bonchev–Trinajstić information content (AvgIpc) is 2.78. The number of aromatic amines is 1. The zero-order valence-corrected chi connectivity index (χ0v) is 10.2. The molecule has 0 fully saturated rings. The highest BCUT2D eigenvalue weighted by Crippen LogP contribution is 2.05. The summed E-state index contributed by atoms with van der Waals surface area (Å²) in [6.07, 6.45) is 2.43. The van der Waals surface area contributed by atoms with Crippen LogP contribution in [-0.4, -0.2) is 17.4 Å². The molecular weight excluding hydrogens is 231 g/mol. The van der Waals surface area contributed by atoms with Gasteiger partial charge in [-0.1, -0.05) is 12.1 Å². The lowest BCUT2D eigenvalue weighted by molar-refractivity contribution is 0.0953. The fraction of sp³-hybridized carbons (Fsp3) is 0.214. The molecule has 0 bridgehead atoms. The van der Waals surface area contributed by atoms with E-state index in [-0.39, 0.29) is 11.7 Å². The number of nitrogens with one attached hydrogen (secondary N) is 2. The zero-order valence-electron chi connectivity index (χ0n) is 10.2. The first-order valence-corrected chi connectivity index (χ1v) is 5.83. The third kappa shape index (κ3) is 2.97. The van der Waals surface area contributed by atoms with Gasteiger partial charge in [-0.2, -0.15) is 0 Å². The van der Waals surface area contributed by atoms with E-state index >= 15 is 0 Å². The highest BCUT2D eigenvalue weighted by atomic mass is 19.1. The summed E-state index contributed by atoms with van der Waals surface area (Å²) in [5, 5.41) is 2.84. The van der Waals surface area contributed by atoms with E-state index in [0.717, 1.165) is 11.3 Å². The van der Waals surface area contributed by atoms with E-state index in [4.69, 9.17) is 0 Å². The van der Waals surface area contributed by atoms with E-state index in [1.54, 1.807) is 24.4 Å². The van der Waals surface area contributed by atoms with Gasteiger partial charge >= 0.3 is 0 Å². The van der Waals surface area contributed by atoms with Crippen molar-refractivity contribution in [2.24, 2.45) is 0 Å². The van der Waals surface area contributed by atoms with E-state index in [1.807, 2.05) is 6.92 Å². The second-order valence-electron chi connectivity index (χ2n) is 4.15. The number of hydrogen-bond donors (Lipinski definition) is 2. The first-order valence-electron chi connectivity index (χ1n) is 5.83. The van der Waals surface area contributed by atoms with Crippen LogP contribution in [0.15, 0.2) is 36.5 Å². The molecular formula is C14H15FN2O. The summed E-state index contributed by atoms with van der Waals surface area (Å²) < 4.78 is 12.7. The normalized spacial score (nSPS) is 10.3. The van der Waals surface area contributed by atoms with Crippen LogP contribution < -0.4 is 5.32 Å². The van der Waals surface area contributed by atoms with Crippen LogP contribution in [0.25, 0.3) is 0 Å². The summed E-state index contributed by atoms with van der Waals surface area (Å²) in [5.74, 6) is -0.332. The van der Waals surface area contributed by atoms with Crippen molar-refractivity contribution in [2.75, 3.05) is 6.54 Å². The second kappa shape index (κ2) is 5.49. The third-order valence-corrected chi connectivity index (χ3v) is 2.81. The molecule has 0 aliphatic carbocycles. The van der Waals surface area contributed by atoms with Gasteiger partial charge in [-0.05, 0) is 37.1 Å². The summed E-state index contributed by atoms with van der Waals surface area (Å²) in [7, 11) is 0. The van der Waals surface area contributed by atoms with Gasteiger partial charge in [0.25, 0.3) is 5.91 Å². The number of benzene rings is 1. The first kappa shape index (κ1) is 12.4. The van der Waals surface area contributed by atoms with Gasteiger partial charge in [0.05, 0.1) is 5.56 Å². The van der Waals surface area contributed by atoms with Crippen LogP contribution in [0.3, 0.4) is 0 Å². The van der Waals surface area contributed by atoms with Crippen molar-refractivity contribution in [1.29, 1.82) is 0 Å². The molecule has 2 N–H and O–H groups in total. The molecule has 0 unspecified atom stereocenters. The molecule has 0 saturated heterocycles. The maximum Gasteiger partial charge on any atom is 0.253 e. The molecule has 1 heterocycles. The summed E-state index contributed by atoms with van der Waals surface area (Å²) in [6, 6.07) is 8.05. The maximum atomic E-state index is 12.7. The molecule has 1 amide bonds. The molecule has 0 aliphatic rings. The predicted octanol–water partition coefficient (Wildman–Crippen LogP) is 2.43. The quantitative estimate of drug-likeness (QED) is 0.855. The van der Waals surface area contributed by atoms with E-state index < -0.39 is 0 Å². The van der Waals surface area contributed by atoms with Crippen molar-refractivity contribution >= 4 is 5.91 Å². The maximum absolute atomic E-state index is 12.7. The van der Waals surface area contributed by atoms with Crippen molar-refractivity contribution in [3.05, 3.63) is 59.2 Å². The molecule has 0 aliphatic heterocycles. The predicted molar refractivity (Wildman–Crippen MR) is 68.0 cm³/mol. The standard InChI is InChI=1S/C14H15FN2O/c1-10-13(7-9-16-10)14(18)17-8-6-11-2-4-12(15)5-3-11/h2-5,7,9,16H,6,8H2,1H3,(H,17,18). The van der Waals surface area contributed by atoms with Crippen LogP contribution in [0.4, 0.5) is 4.39 Å². The van der Waals surface area contributed by atoms with Crippen molar-refractivity contribution in [1.82, 2.24) is 10.3 Å².